The monoisotopic (exact) mass is 303 g/mol. The fourth-order valence-corrected chi connectivity index (χ4v) is 2.61. The Kier molecular flexibility index (Phi) is 3.56. The number of allylic oxidation sites excluding steroid dienone is 1. The Morgan fingerprint density at radius 1 is 1.42 bits per heavy atom. The largest absolute Gasteiger partial charge is 0.507 e. The molecule has 0 aliphatic carbocycles. The Balaban J connectivity index is 2.37. The van der Waals surface area contributed by atoms with Gasteiger partial charge in [-0.1, -0.05) is 11.6 Å². The fourth-order valence-electron chi connectivity index (χ4n) is 1.69. The van der Waals surface area contributed by atoms with Gasteiger partial charge in [-0.15, -0.1) is 0 Å². The lowest BCUT2D eigenvalue weighted by Gasteiger charge is -2.23. The van der Waals surface area contributed by atoms with Crippen LogP contribution in [0.5, 0.6) is 0 Å². The molecule has 1 aromatic rings. The van der Waals surface area contributed by atoms with Crippen LogP contribution in [0.4, 0.5) is 10.1 Å². The summed E-state index contributed by atoms with van der Waals surface area (Å²) in [4.78, 5) is 1.25. The number of hydrogen-bond donors (Lipinski definition) is 1. The lowest BCUT2D eigenvalue weighted by molar-refractivity contribution is 0.425. The van der Waals surface area contributed by atoms with E-state index in [9.17, 15) is 17.9 Å². The predicted octanol–water partition coefficient (Wildman–Crippen LogP) is 2.57. The van der Waals surface area contributed by atoms with Crippen LogP contribution in [0.15, 0.2) is 46.2 Å². The number of hydrogen-bond acceptors (Lipinski definition) is 4. The summed E-state index contributed by atoms with van der Waals surface area (Å²) in [6.07, 6.45) is 3.88. The van der Waals surface area contributed by atoms with Crippen LogP contribution < -0.4 is 4.90 Å². The van der Waals surface area contributed by atoms with Crippen molar-refractivity contribution in [3.63, 3.8) is 0 Å². The van der Waals surface area contributed by atoms with Gasteiger partial charge in [0.05, 0.1) is 5.03 Å². The molecule has 0 bridgehead atoms. The number of rotatable bonds is 2. The van der Waals surface area contributed by atoms with E-state index in [2.05, 4.69) is 0 Å². The second kappa shape index (κ2) is 4.86. The van der Waals surface area contributed by atoms with Gasteiger partial charge in [0.2, 0.25) is 0 Å². The molecule has 19 heavy (non-hydrogen) atoms. The molecule has 0 radical (unpaired) electrons. The first kappa shape index (κ1) is 13.9. The van der Waals surface area contributed by atoms with Crippen LogP contribution in [0.25, 0.3) is 0 Å². The molecule has 7 heteroatoms. The van der Waals surface area contributed by atoms with Gasteiger partial charge >= 0.3 is 0 Å². The van der Waals surface area contributed by atoms with Gasteiger partial charge in [0.15, 0.2) is 9.84 Å². The van der Waals surface area contributed by atoms with Crippen LogP contribution in [0, 0.1) is 5.82 Å². The predicted molar refractivity (Wildman–Crippen MR) is 71.5 cm³/mol. The molecule has 0 atom stereocenters. The fraction of sp³-hybridized carbons (Fsp3) is 0.167. The lowest BCUT2D eigenvalue weighted by Crippen LogP contribution is -2.20. The Morgan fingerprint density at radius 3 is 2.63 bits per heavy atom. The minimum Gasteiger partial charge on any atom is -0.507 e. The molecule has 1 heterocycles. The van der Waals surface area contributed by atoms with Crippen LogP contribution in [0.3, 0.4) is 0 Å². The van der Waals surface area contributed by atoms with Crippen molar-refractivity contribution in [3.05, 3.63) is 47.1 Å². The van der Waals surface area contributed by atoms with Crippen LogP contribution in [0.1, 0.15) is 0 Å². The highest BCUT2D eigenvalue weighted by molar-refractivity contribution is 7.90. The minimum atomic E-state index is -3.59. The molecule has 1 N–H and O–H groups in total. The second-order valence-electron chi connectivity index (χ2n) is 4.11. The molecule has 0 unspecified atom stereocenters. The summed E-state index contributed by atoms with van der Waals surface area (Å²) in [5.74, 6) is -0.852. The third-order valence-corrected chi connectivity index (χ3v) is 4.06. The number of sulfone groups is 1. The topological polar surface area (TPSA) is 57.6 Å². The van der Waals surface area contributed by atoms with Crippen LogP contribution in [-0.4, -0.2) is 26.3 Å². The first-order valence-electron chi connectivity index (χ1n) is 5.32. The highest BCUT2D eigenvalue weighted by atomic mass is 35.5. The number of anilines is 1. The third-order valence-electron chi connectivity index (χ3n) is 2.64. The summed E-state index contributed by atoms with van der Waals surface area (Å²) in [5, 5.41) is 9.47. The SMILES string of the molecule is CS(=O)(=O)c1ccc(N2C=C(Cl)C(O)=CC2)cc1F. The molecule has 2 rings (SSSR count). The van der Waals surface area contributed by atoms with Crippen molar-refractivity contribution < 1.29 is 17.9 Å². The van der Waals surface area contributed by atoms with Gasteiger partial charge in [-0.2, -0.15) is 0 Å². The van der Waals surface area contributed by atoms with E-state index in [0.29, 0.717) is 12.2 Å². The van der Waals surface area contributed by atoms with Gasteiger partial charge in [-0.3, -0.25) is 0 Å². The third kappa shape index (κ3) is 2.90. The Labute approximate surface area is 115 Å². The summed E-state index contributed by atoms with van der Waals surface area (Å²) < 4.78 is 36.4. The smallest absolute Gasteiger partial charge is 0.178 e. The van der Waals surface area contributed by atoms with Crippen LogP contribution in [-0.2, 0) is 9.84 Å². The van der Waals surface area contributed by atoms with Crippen molar-refractivity contribution in [1.82, 2.24) is 0 Å². The first-order valence-corrected chi connectivity index (χ1v) is 7.59. The first-order chi connectivity index (χ1) is 8.79. The van der Waals surface area contributed by atoms with E-state index in [4.69, 9.17) is 11.6 Å². The summed E-state index contributed by atoms with van der Waals surface area (Å²) in [6, 6.07) is 3.81. The Hall–Kier alpha value is -1.53. The zero-order valence-corrected chi connectivity index (χ0v) is 11.5. The molecule has 1 aliphatic heterocycles. The van der Waals surface area contributed by atoms with Crippen molar-refractivity contribution >= 4 is 27.1 Å². The van der Waals surface area contributed by atoms with E-state index >= 15 is 0 Å². The van der Waals surface area contributed by atoms with E-state index in [1.165, 1.54) is 24.4 Å². The number of nitrogens with zero attached hydrogens (tertiary/aromatic N) is 1. The second-order valence-corrected chi connectivity index (χ2v) is 6.50. The molecule has 0 saturated carbocycles. The Morgan fingerprint density at radius 2 is 2.11 bits per heavy atom. The summed E-state index contributed by atoms with van der Waals surface area (Å²) in [7, 11) is -3.59. The summed E-state index contributed by atoms with van der Waals surface area (Å²) in [5.41, 5.74) is 0.451. The van der Waals surface area contributed by atoms with E-state index in [1.807, 2.05) is 0 Å². The maximum atomic E-state index is 13.8. The van der Waals surface area contributed by atoms with Gasteiger partial charge in [0.1, 0.15) is 16.5 Å². The van der Waals surface area contributed by atoms with Crippen molar-refractivity contribution in [1.29, 1.82) is 0 Å². The summed E-state index contributed by atoms with van der Waals surface area (Å²) in [6.45, 7) is 0.319. The maximum absolute atomic E-state index is 13.8. The molecule has 102 valence electrons. The van der Waals surface area contributed by atoms with E-state index in [1.54, 1.807) is 4.90 Å². The number of aliphatic hydroxyl groups is 1. The Bertz CT molecular complexity index is 682. The van der Waals surface area contributed by atoms with E-state index in [0.717, 1.165) is 12.3 Å². The average Bonchev–Trinajstić information content (AvgIpc) is 2.31. The van der Waals surface area contributed by atoms with E-state index < -0.39 is 15.7 Å². The van der Waals surface area contributed by atoms with Gasteiger partial charge < -0.3 is 10.0 Å². The molecule has 0 spiro atoms. The van der Waals surface area contributed by atoms with E-state index in [-0.39, 0.29) is 15.7 Å². The maximum Gasteiger partial charge on any atom is 0.178 e. The minimum absolute atomic E-state index is 0.0360. The van der Waals surface area contributed by atoms with Crippen molar-refractivity contribution in [2.45, 2.75) is 4.90 Å². The average molecular weight is 304 g/mol. The molecule has 1 aliphatic rings. The molecule has 0 saturated heterocycles. The molecule has 0 fully saturated rings. The van der Waals surface area contributed by atoms with Crippen molar-refractivity contribution in [2.75, 3.05) is 17.7 Å². The zero-order valence-electron chi connectivity index (χ0n) is 9.97. The molecular weight excluding hydrogens is 293 g/mol. The highest BCUT2D eigenvalue weighted by Crippen LogP contribution is 2.26. The van der Waals surface area contributed by atoms with Gasteiger partial charge in [-0.25, -0.2) is 12.8 Å². The quantitative estimate of drug-likeness (QED) is 0.912. The van der Waals surface area contributed by atoms with Crippen molar-refractivity contribution in [2.24, 2.45) is 0 Å². The van der Waals surface area contributed by atoms with Gasteiger partial charge in [0.25, 0.3) is 0 Å². The molecule has 0 amide bonds. The summed E-state index contributed by atoms with van der Waals surface area (Å²) >= 11 is 5.77. The number of halogens is 2. The molecule has 1 aromatic carbocycles. The van der Waals surface area contributed by atoms with Crippen LogP contribution in [0.2, 0.25) is 0 Å². The van der Waals surface area contributed by atoms with Crippen molar-refractivity contribution in [3.8, 4) is 0 Å². The number of aliphatic hydroxyl groups excluding tert-OH is 1. The normalized spacial score (nSPS) is 16.1. The highest BCUT2D eigenvalue weighted by Gasteiger charge is 2.17. The zero-order chi connectivity index (χ0) is 14.2. The standard InChI is InChI=1S/C12H11ClFNO3S/c1-19(17,18)12-3-2-8(6-10(12)14)15-5-4-11(16)9(13)7-15/h2-4,6-7,16H,5H2,1H3. The van der Waals surface area contributed by atoms with Gasteiger partial charge in [0, 0.05) is 24.7 Å². The lowest BCUT2D eigenvalue weighted by atomic mass is 10.2. The van der Waals surface area contributed by atoms with Crippen LogP contribution >= 0.6 is 11.6 Å². The van der Waals surface area contributed by atoms with Gasteiger partial charge in [-0.05, 0) is 24.3 Å². The molecule has 0 aromatic heterocycles. The number of benzene rings is 1. The molecular formula is C12H11ClFNO3S. The molecule has 4 nitrogen and oxygen atoms in total.